The fourth-order valence-electron chi connectivity index (χ4n) is 3.01. The number of hydrogen-bond donors (Lipinski definition) is 3. The van der Waals surface area contributed by atoms with Gasteiger partial charge in [0.25, 0.3) is 5.91 Å². The van der Waals surface area contributed by atoms with Gasteiger partial charge in [0, 0.05) is 21.7 Å². The number of hydrazine groups is 1. The normalized spacial score (nSPS) is 10.5. The maximum absolute atomic E-state index is 12.3. The Morgan fingerprint density at radius 1 is 0.968 bits per heavy atom. The number of amides is 1. The summed E-state index contributed by atoms with van der Waals surface area (Å²) in [5.74, 6) is -0.715. The van der Waals surface area contributed by atoms with E-state index in [1.54, 1.807) is 24.3 Å². The molecule has 3 N–H and O–H groups in total. The topological polar surface area (TPSA) is 122 Å². The standard InChI is InChI=1S/C21H15ClN6O3/c22-15-8-3-7-14(11-15)21(29)27-26-20-18(28(30)31)19(23-12-24-20)25-17-10-4-6-13-5-1-2-9-16(13)17/h1-12H,(H,27,29)(H2,23,24,25,26). The Bertz CT molecular complexity index is 1290. The molecule has 10 heteroatoms. The van der Waals surface area contributed by atoms with Gasteiger partial charge in [-0.25, -0.2) is 9.97 Å². The van der Waals surface area contributed by atoms with E-state index in [-0.39, 0.29) is 17.2 Å². The summed E-state index contributed by atoms with van der Waals surface area (Å²) in [6.07, 6.45) is 1.16. The SMILES string of the molecule is O=C(NNc1ncnc(Nc2cccc3ccccc23)c1[N+](=O)[O-])c1cccc(Cl)c1. The second-order valence-electron chi connectivity index (χ2n) is 6.42. The first-order valence-electron chi connectivity index (χ1n) is 9.09. The molecule has 0 aliphatic heterocycles. The summed E-state index contributed by atoms with van der Waals surface area (Å²) < 4.78 is 0. The molecule has 1 amide bonds. The highest BCUT2D eigenvalue weighted by molar-refractivity contribution is 6.31. The number of nitro groups is 1. The van der Waals surface area contributed by atoms with Crippen LogP contribution in [0.4, 0.5) is 23.0 Å². The number of hydrogen-bond acceptors (Lipinski definition) is 7. The van der Waals surface area contributed by atoms with E-state index in [4.69, 9.17) is 11.6 Å². The molecule has 3 aromatic carbocycles. The summed E-state index contributed by atoms with van der Waals surface area (Å²) in [4.78, 5) is 31.4. The Labute approximate surface area is 181 Å². The first kappa shape index (κ1) is 20.0. The van der Waals surface area contributed by atoms with E-state index < -0.39 is 16.5 Å². The molecule has 0 radical (unpaired) electrons. The van der Waals surface area contributed by atoms with Gasteiger partial charge in [0.2, 0.25) is 11.6 Å². The van der Waals surface area contributed by atoms with E-state index in [0.29, 0.717) is 10.7 Å². The highest BCUT2D eigenvalue weighted by atomic mass is 35.5. The fourth-order valence-corrected chi connectivity index (χ4v) is 3.20. The first-order chi connectivity index (χ1) is 15.0. The number of anilines is 3. The van der Waals surface area contributed by atoms with E-state index in [2.05, 4.69) is 26.1 Å². The highest BCUT2D eigenvalue weighted by Crippen LogP contribution is 2.33. The summed E-state index contributed by atoms with van der Waals surface area (Å²) in [5.41, 5.74) is 5.40. The van der Waals surface area contributed by atoms with Crippen molar-refractivity contribution in [3.8, 4) is 0 Å². The highest BCUT2D eigenvalue weighted by Gasteiger charge is 2.24. The molecule has 0 fully saturated rings. The maximum Gasteiger partial charge on any atom is 0.355 e. The molecule has 0 aliphatic rings. The zero-order valence-electron chi connectivity index (χ0n) is 15.9. The number of nitrogens with zero attached hydrogens (tertiary/aromatic N) is 3. The van der Waals surface area contributed by atoms with Crippen molar-refractivity contribution in [1.29, 1.82) is 0 Å². The lowest BCUT2D eigenvalue weighted by molar-refractivity contribution is -0.383. The van der Waals surface area contributed by atoms with Crippen LogP contribution >= 0.6 is 11.6 Å². The van der Waals surface area contributed by atoms with E-state index in [9.17, 15) is 14.9 Å². The molecule has 1 heterocycles. The number of rotatable bonds is 6. The number of carbonyl (C=O) groups excluding carboxylic acids is 1. The van der Waals surface area contributed by atoms with Crippen molar-refractivity contribution in [2.24, 2.45) is 0 Å². The van der Waals surface area contributed by atoms with Crippen LogP contribution in [0, 0.1) is 10.1 Å². The van der Waals surface area contributed by atoms with E-state index in [1.165, 1.54) is 6.07 Å². The van der Waals surface area contributed by atoms with Crippen LogP contribution in [0.1, 0.15) is 10.4 Å². The predicted octanol–water partition coefficient (Wildman–Crippen LogP) is 4.69. The van der Waals surface area contributed by atoms with Crippen LogP contribution in [0.15, 0.2) is 73.1 Å². The van der Waals surface area contributed by atoms with E-state index in [1.807, 2.05) is 36.4 Å². The number of fused-ring (bicyclic) bond motifs is 1. The monoisotopic (exact) mass is 434 g/mol. The van der Waals surface area contributed by atoms with Gasteiger partial charge in [-0.15, -0.1) is 0 Å². The first-order valence-corrected chi connectivity index (χ1v) is 9.47. The summed E-state index contributed by atoms with van der Waals surface area (Å²) in [6, 6.07) is 19.5. The van der Waals surface area contributed by atoms with Crippen molar-refractivity contribution >= 4 is 51.3 Å². The van der Waals surface area contributed by atoms with E-state index >= 15 is 0 Å². The largest absolute Gasteiger partial charge is 0.355 e. The molecule has 0 saturated heterocycles. The smallest absolute Gasteiger partial charge is 0.334 e. The fraction of sp³-hybridized carbons (Fsp3) is 0. The molecule has 0 spiro atoms. The maximum atomic E-state index is 12.3. The zero-order valence-corrected chi connectivity index (χ0v) is 16.6. The van der Waals surface area contributed by atoms with Gasteiger partial charge in [0.15, 0.2) is 0 Å². The molecule has 154 valence electrons. The van der Waals surface area contributed by atoms with Gasteiger partial charge < -0.3 is 5.32 Å². The summed E-state index contributed by atoms with van der Waals surface area (Å²) in [5, 5.41) is 17.0. The van der Waals surface area contributed by atoms with Crippen LogP contribution in [-0.2, 0) is 0 Å². The third-order valence-corrected chi connectivity index (χ3v) is 4.66. The van der Waals surface area contributed by atoms with Crippen molar-refractivity contribution in [3.05, 3.63) is 93.8 Å². The molecular weight excluding hydrogens is 420 g/mol. The minimum absolute atomic E-state index is 0.0177. The van der Waals surface area contributed by atoms with Crippen LogP contribution in [-0.4, -0.2) is 20.8 Å². The van der Waals surface area contributed by atoms with Crippen molar-refractivity contribution in [1.82, 2.24) is 15.4 Å². The number of halogens is 1. The van der Waals surface area contributed by atoms with Crippen molar-refractivity contribution < 1.29 is 9.72 Å². The molecule has 0 aliphatic carbocycles. The zero-order chi connectivity index (χ0) is 21.8. The summed E-state index contributed by atoms with van der Waals surface area (Å²) in [6.45, 7) is 0. The molecule has 0 saturated carbocycles. The molecule has 9 nitrogen and oxygen atoms in total. The van der Waals surface area contributed by atoms with Gasteiger partial charge in [-0.3, -0.25) is 25.8 Å². The lowest BCUT2D eigenvalue weighted by Crippen LogP contribution is -2.30. The van der Waals surface area contributed by atoms with E-state index in [0.717, 1.165) is 17.1 Å². The number of aromatic nitrogens is 2. The van der Waals surface area contributed by atoms with Crippen molar-refractivity contribution in [3.63, 3.8) is 0 Å². The Kier molecular flexibility index (Phi) is 5.59. The van der Waals surface area contributed by atoms with Crippen LogP contribution < -0.4 is 16.2 Å². The van der Waals surface area contributed by atoms with Gasteiger partial charge in [-0.05, 0) is 29.7 Å². The lowest BCUT2D eigenvalue weighted by atomic mass is 10.1. The second-order valence-corrected chi connectivity index (χ2v) is 6.85. The molecule has 4 aromatic rings. The Morgan fingerprint density at radius 3 is 2.52 bits per heavy atom. The molecule has 4 rings (SSSR count). The molecule has 31 heavy (non-hydrogen) atoms. The van der Waals surface area contributed by atoms with Crippen LogP contribution in [0.2, 0.25) is 5.02 Å². The third-order valence-electron chi connectivity index (χ3n) is 4.43. The Hall–Kier alpha value is -4.24. The summed E-state index contributed by atoms with van der Waals surface area (Å²) in [7, 11) is 0. The molecule has 1 aromatic heterocycles. The van der Waals surface area contributed by atoms with Crippen molar-refractivity contribution in [2.75, 3.05) is 10.7 Å². The molecule has 0 unspecified atom stereocenters. The van der Waals surface area contributed by atoms with Gasteiger partial charge in [0.1, 0.15) is 6.33 Å². The van der Waals surface area contributed by atoms with Crippen molar-refractivity contribution in [2.45, 2.75) is 0 Å². The van der Waals surface area contributed by atoms with Gasteiger partial charge in [-0.2, -0.15) is 0 Å². The predicted molar refractivity (Wildman–Crippen MR) is 118 cm³/mol. The van der Waals surface area contributed by atoms with Gasteiger partial charge in [0.05, 0.1) is 4.92 Å². The van der Waals surface area contributed by atoms with Crippen LogP contribution in [0.5, 0.6) is 0 Å². The van der Waals surface area contributed by atoms with Gasteiger partial charge >= 0.3 is 5.69 Å². The number of nitrogens with one attached hydrogen (secondary N) is 3. The van der Waals surface area contributed by atoms with Gasteiger partial charge in [-0.1, -0.05) is 54.1 Å². The number of carbonyl (C=O) groups is 1. The second kappa shape index (κ2) is 8.64. The number of benzene rings is 3. The average molecular weight is 435 g/mol. The lowest BCUT2D eigenvalue weighted by Gasteiger charge is -2.12. The average Bonchev–Trinajstić information content (AvgIpc) is 2.77. The summed E-state index contributed by atoms with van der Waals surface area (Å²) >= 11 is 5.89. The third kappa shape index (κ3) is 4.36. The Balaban J connectivity index is 1.62. The minimum Gasteiger partial charge on any atom is -0.334 e. The molecular formula is C21H15ClN6O3. The minimum atomic E-state index is -0.624. The quantitative estimate of drug-likeness (QED) is 0.297. The Morgan fingerprint density at radius 2 is 1.71 bits per heavy atom. The van der Waals surface area contributed by atoms with Crippen LogP contribution in [0.3, 0.4) is 0 Å². The molecule has 0 bridgehead atoms. The molecule has 0 atom stereocenters. The van der Waals surface area contributed by atoms with Crippen LogP contribution in [0.25, 0.3) is 10.8 Å².